The second-order valence-electron chi connectivity index (χ2n) is 4.08. The van der Waals surface area contributed by atoms with E-state index in [0.29, 0.717) is 13.0 Å². The van der Waals surface area contributed by atoms with Gasteiger partial charge in [0.2, 0.25) is 5.91 Å². The fourth-order valence-corrected chi connectivity index (χ4v) is 1.64. The van der Waals surface area contributed by atoms with Crippen molar-refractivity contribution in [3.63, 3.8) is 0 Å². The van der Waals surface area contributed by atoms with Gasteiger partial charge in [-0.05, 0) is 37.1 Å². The number of amides is 1. The minimum absolute atomic E-state index is 0.142. The minimum Gasteiger partial charge on any atom is -0.374 e. The third-order valence-corrected chi connectivity index (χ3v) is 2.48. The van der Waals surface area contributed by atoms with E-state index in [0.717, 1.165) is 5.69 Å². The van der Waals surface area contributed by atoms with E-state index >= 15 is 0 Å². The first-order valence-electron chi connectivity index (χ1n) is 5.32. The summed E-state index contributed by atoms with van der Waals surface area (Å²) >= 11 is 0. The van der Waals surface area contributed by atoms with Crippen LogP contribution >= 0.6 is 0 Å². The van der Waals surface area contributed by atoms with Crippen molar-refractivity contribution in [2.75, 3.05) is 18.5 Å². The number of hydrogen-bond donors (Lipinski definition) is 2. The average Bonchev–Trinajstić information content (AvgIpc) is 2.23. The Balaban J connectivity index is 2.65. The summed E-state index contributed by atoms with van der Waals surface area (Å²) in [5.74, 6) is 4.88. The molecule has 0 heterocycles. The molecule has 1 rings (SSSR count). The quantitative estimate of drug-likeness (QED) is 0.455. The van der Waals surface area contributed by atoms with Crippen molar-refractivity contribution in [2.45, 2.75) is 20.3 Å². The number of carbonyl (C=O) groups excluding carboxylic acids is 1. The molecular formula is C12H19N3O. The van der Waals surface area contributed by atoms with Gasteiger partial charge in [0.25, 0.3) is 0 Å². The zero-order valence-electron chi connectivity index (χ0n) is 10.1. The molecule has 0 spiro atoms. The summed E-state index contributed by atoms with van der Waals surface area (Å²) in [6, 6.07) is 6.34. The normalized spacial score (nSPS) is 10.0. The standard InChI is InChI=1S/C12H19N3O/c1-9-6-10(2)8-11(7-9)15(3)5-4-12(16)14-13/h6-8H,4-5,13H2,1-3H3,(H,14,16). The largest absolute Gasteiger partial charge is 0.374 e. The lowest BCUT2D eigenvalue weighted by atomic mass is 10.1. The Labute approximate surface area is 96.4 Å². The van der Waals surface area contributed by atoms with Crippen LogP contribution in [0.1, 0.15) is 17.5 Å². The summed E-state index contributed by atoms with van der Waals surface area (Å²) in [5.41, 5.74) is 5.71. The highest BCUT2D eigenvalue weighted by Crippen LogP contribution is 2.17. The topological polar surface area (TPSA) is 58.4 Å². The number of anilines is 1. The molecule has 0 atom stereocenters. The lowest BCUT2D eigenvalue weighted by molar-refractivity contribution is -0.120. The Morgan fingerprint density at radius 2 is 1.88 bits per heavy atom. The zero-order chi connectivity index (χ0) is 12.1. The van der Waals surface area contributed by atoms with Crippen LogP contribution in [0.2, 0.25) is 0 Å². The fraction of sp³-hybridized carbons (Fsp3) is 0.417. The van der Waals surface area contributed by atoms with E-state index in [1.807, 2.05) is 7.05 Å². The number of nitrogens with zero attached hydrogens (tertiary/aromatic N) is 1. The van der Waals surface area contributed by atoms with Gasteiger partial charge in [-0.3, -0.25) is 10.2 Å². The number of nitrogens with two attached hydrogens (primary N) is 1. The molecule has 3 N–H and O–H groups in total. The summed E-state index contributed by atoms with van der Waals surface area (Å²) in [4.78, 5) is 13.1. The van der Waals surface area contributed by atoms with E-state index in [4.69, 9.17) is 5.84 Å². The van der Waals surface area contributed by atoms with Gasteiger partial charge < -0.3 is 4.90 Å². The smallest absolute Gasteiger partial charge is 0.235 e. The van der Waals surface area contributed by atoms with E-state index in [1.165, 1.54) is 11.1 Å². The highest BCUT2D eigenvalue weighted by Gasteiger charge is 2.05. The molecule has 4 nitrogen and oxygen atoms in total. The molecule has 4 heteroatoms. The maximum absolute atomic E-state index is 11.0. The third-order valence-electron chi connectivity index (χ3n) is 2.48. The molecule has 0 bridgehead atoms. The van der Waals surface area contributed by atoms with Crippen LogP contribution < -0.4 is 16.2 Å². The number of aryl methyl sites for hydroxylation is 2. The van der Waals surface area contributed by atoms with Crippen LogP contribution in [0.15, 0.2) is 18.2 Å². The summed E-state index contributed by atoms with van der Waals surface area (Å²) in [7, 11) is 1.97. The summed E-state index contributed by atoms with van der Waals surface area (Å²) < 4.78 is 0. The molecule has 0 aliphatic carbocycles. The highest BCUT2D eigenvalue weighted by molar-refractivity contribution is 5.75. The molecule has 1 aromatic rings. The average molecular weight is 221 g/mol. The van der Waals surface area contributed by atoms with Gasteiger partial charge in [0.1, 0.15) is 0 Å². The Bertz CT molecular complexity index is 356. The molecule has 16 heavy (non-hydrogen) atoms. The predicted octanol–water partition coefficient (Wildman–Crippen LogP) is 1.12. The molecule has 0 saturated carbocycles. The number of nitrogens with one attached hydrogen (secondary N) is 1. The number of hydrazine groups is 1. The Morgan fingerprint density at radius 3 is 2.38 bits per heavy atom. The third kappa shape index (κ3) is 3.55. The molecule has 1 aromatic carbocycles. The molecular weight excluding hydrogens is 202 g/mol. The first kappa shape index (κ1) is 12.5. The molecule has 0 fully saturated rings. The van der Waals surface area contributed by atoms with E-state index in [2.05, 4.69) is 42.4 Å². The molecule has 0 aliphatic rings. The van der Waals surface area contributed by atoms with Gasteiger partial charge in [0, 0.05) is 25.7 Å². The lowest BCUT2D eigenvalue weighted by Gasteiger charge is -2.19. The van der Waals surface area contributed by atoms with E-state index in [9.17, 15) is 4.79 Å². The fourth-order valence-electron chi connectivity index (χ4n) is 1.64. The van der Waals surface area contributed by atoms with Gasteiger partial charge in [-0.2, -0.15) is 0 Å². The van der Waals surface area contributed by atoms with Crippen molar-refractivity contribution in [1.29, 1.82) is 0 Å². The number of rotatable bonds is 4. The SMILES string of the molecule is Cc1cc(C)cc(N(C)CCC(=O)NN)c1. The Kier molecular flexibility index (Phi) is 4.31. The number of benzene rings is 1. The molecule has 0 unspecified atom stereocenters. The number of hydrogen-bond acceptors (Lipinski definition) is 3. The van der Waals surface area contributed by atoms with E-state index in [1.54, 1.807) is 0 Å². The maximum Gasteiger partial charge on any atom is 0.235 e. The second-order valence-corrected chi connectivity index (χ2v) is 4.08. The molecule has 0 radical (unpaired) electrons. The molecule has 88 valence electrons. The second kappa shape index (κ2) is 5.51. The van der Waals surface area contributed by atoms with Crippen LogP contribution in [0.4, 0.5) is 5.69 Å². The van der Waals surface area contributed by atoms with Crippen LogP contribution in [0.5, 0.6) is 0 Å². The van der Waals surface area contributed by atoms with Crippen LogP contribution in [0, 0.1) is 13.8 Å². The van der Waals surface area contributed by atoms with Gasteiger partial charge in [-0.25, -0.2) is 5.84 Å². The molecule has 1 amide bonds. The molecule has 0 aliphatic heterocycles. The van der Waals surface area contributed by atoms with Crippen molar-refractivity contribution in [3.05, 3.63) is 29.3 Å². The van der Waals surface area contributed by atoms with Gasteiger partial charge in [0.05, 0.1) is 0 Å². The Hall–Kier alpha value is -1.55. The van der Waals surface area contributed by atoms with E-state index < -0.39 is 0 Å². The van der Waals surface area contributed by atoms with Crippen LogP contribution in [0.25, 0.3) is 0 Å². The molecule has 0 aromatic heterocycles. The van der Waals surface area contributed by atoms with Crippen LogP contribution in [0.3, 0.4) is 0 Å². The number of carbonyl (C=O) groups is 1. The van der Waals surface area contributed by atoms with Gasteiger partial charge in [-0.15, -0.1) is 0 Å². The monoisotopic (exact) mass is 221 g/mol. The summed E-state index contributed by atoms with van der Waals surface area (Å²) in [5, 5.41) is 0. The first-order valence-corrected chi connectivity index (χ1v) is 5.32. The zero-order valence-corrected chi connectivity index (χ0v) is 10.1. The predicted molar refractivity (Wildman–Crippen MR) is 66.1 cm³/mol. The lowest BCUT2D eigenvalue weighted by Crippen LogP contribution is -2.33. The van der Waals surface area contributed by atoms with Crippen LogP contribution in [-0.2, 0) is 4.79 Å². The Morgan fingerprint density at radius 1 is 1.31 bits per heavy atom. The summed E-state index contributed by atoms with van der Waals surface area (Å²) in [6.45, 7) is 4.79. The summed E-state index contributed by atoms with van der Waals surface area (Å²) in [6.07, 6.45) is 0.403. The minimum atomic E-state index is -0.142. The van der Waals surface area contributed by atoms with Gasteiger partial charge in [-0.1, -0.05) is 6.07 Å². The van der Waals surface area contributed by atoms with Crippen molar-refractivity contribution in [1.82, 2.24) is 5.43 Å². The molecule has 0 saturated heterocycles. The first-order chi connectivity index (χ1) is 7.52. The van der Waals surface area contributed by atoms with Crippen molar-refractivity contribution >= 4 is 11.6 Å². The van der Waals surface area contributed by atoms with Gasteiger partial charge in [0.15, 0.2) is 0 Å². The van der Waals surface area contributed by atoms with Crippen molar-refractivity contribution in [2.24, 2.45) is 5.84 Å². The van der Waals surface area contributed by atoms with Crippen molar-refractivity contribution < 1.29 is 4.79 Å². The van der Waals surface area contributed by atoms with E-state index in [-0.39, 0.29) is 5.91 Å². The highest BCUT2D eigenvalue weighted by atomic mass is 16.2. The van der Waals surface area contributed by atoms with Crippen LogP contribution in [-0.4, -0.2) is 19.5 Å². The van der Waals surface area contributed by atoms with Crippen molar-refractivity contribution in [3.8, 4) is 0 Å². The van der Waals surface area contributed by atoms with Gasteiger partial charge >= 0.3 is 0 Å². The maximum atomic E-state index is 11.0.